The second kappa shape index (κ2) is 5.14. The summed E-state index contributed by atoms with van der Waals surface area (Å²) in [6, 6.07) is 0. The average Bonchev–Trinajstić information content (AvgIpc) is 2.76. The van der Waals surface area contributed by atoms with Gasteiger partial charge in [0.05, 0.1) is 11.1 Å². The van der Waals surface area contributed by atoms with Crippen LogP contribution in [-0.4, -0.2) is 54.0 Å². The fraction of sp³-hybridized carbons (Fsp3) is 0.929. The van der Waals surface area contributed by atoms with E-state index in [1.165, 1.54) is 5.75 Å². The third-order valence-electron chi connectivity index (χ3n) is 4.65. The molecule has 3 nitrogen and oxygen atoms in total. The maximum absolute atomic E-state index is 12.7. The molecule has 0 aliphatic carbocycles. The van der Waals surface area contributed by atoms with Gasteiger partial charge in [-0.25, -0.2) is 0 Å². The summed E-state index contributed by atoms with van der Waals surface area (Å²) in [5, 5.41) is 0. The summed E-state index contributed by atoms with van der Waals surface area (Å²) in [5.74, 6) is 2.80. The lowest BCUT2D eigenvalue weighted by Crippen LogP contribution is -2.52. The van der Waals surface area contributed by atoms with Crippen molar-refractivity contribution in [1.29, 1.82) is 0 Å². The van der Waals surface area contributed by atoms with Crippen molar-refractivity contribution in [3.63, 3.8) is 0 Å². The molecule has 2 aliphatic rings. The molecule has 18 heavy (non-hydrogen) atoms. The molecule has 2 fully saturated rings. The van der Waals surface area contributed by atoms with Crippen LogP contribution in [0.5, 0.6) is 0 Å². The molecule has 0 aromatic rings. The lowest BCUT2D eigenvalue weighted by Gasteiger charge is -2.41. The number of hydrogen-bond donors (Lipinski definition) is 0. The zero-order chi connectivity index (χ0) is 13.4. The zero-order valence-corrected chi connectivity index (χ0v) is 12.8. The molecule has 2 aliphatic heterocycles. The predicted molar refractivity (Wildman–Crippen MR) is 76.1 cm³/mol. The summed E-state index contributed by atoms with van der Waals surface area (Å²) in [7, 11) is 3.97. The van der Waals surface area contributed by atoms with E-state index in [1.807, 2.05) is 44.6 Å². The molecule has 0 aromatic carbocycles. The fourth-order valence-electron chi connectivity index (χ4n) is 2.83. The minimum absolute atomic E-state index is 0.00559. The SMILES string of the molecule is CN(C)C(C)(C)C(=O)C1CCOC2(CCSC2)C1. The summed E-state index contributed by atoms with van der Waals surface area (Å²) in [5.41, 5.74) is -0.361. The Kier molecular flexibility index (Phi) is 4.10. The van der Waals surface area contributed by atoms with Crippen LogP contribution < -0.4 is 0 Å². The second-order valence-electron chi connectivity index (χ2n) is 6.34. The van der Waals surface area contributed by atoms with Crippen molar-refractivity contribution in [3.8, 4) is 0 Å². The van der Waals surface area contributed by atoms with Crippen LogP contribution >= 0.6 is 11.8 Å². The molecule has 0 radical (unpaired) electrons. The van der Waals surface area contributed by atoms with E-state index in [1.54, 1.807) is 0 Å². The molecule has 0 bridgehead atoms. The van der Waals surface area contributed by atoms with Gasteiger partial charge in [-0.2, -0.15) is 11.8 Å². The Morgan fingerprint density at radius 1 is 1.44 bits per heavy atom. The highest BCUT2D eigenvalue weighted by atomic mass is 32.2. The number of nitrogens with zero attached hydrogens (tertiary/aromatic N) is 1. The van der Waals surface area contributed by atoms with Crippen molar-refractivity contribution in [3.05, 3.63) is 0 Å². The van der Waals surface area contributed by atoms with Crippen molar-refractivity contribution < 1.29 is 9.53 Å². The van der Waals surface area contributed by atoms with Gasteiger partial charge in [0.1, 0.15) is 0 Å². The zero-order valence-electron chi connectivity index (χ0n) is 12.0. The van der Waals surface area contributed by atoms with Gasteiger partial charge in [0, 0.05) is 18.3 Å². The molecule has 2 rings (SSSR count). The van der Waals surface area contributed by atoms with Crippen LogP contribution in [0.25, 0.3) is 0 Å². The summed E-state index contributed by atoms with van der Waals surface area (Å²) >= 11 is 1.96. The van der Waals surface area contributed by atoms with E-state index in [4.69, 9.17) is 4.74 Å². The van der Waals surface area contributed by atoms with Gasteiger partial charge in [-0.1, -0.05) is 0 Å². The molecule has 0 aromatic heterocycles. The Balaban J connectivity index is 2.07. The molecule has 2 unspecified atom stereocenters. The van der Waals surface area contributed by atoms with Crippen LogP contribution in [-0.2, 0) is 9.53 Å². The Hall–Kier alpha value is -0.0600. The van der Waals surface area contributed by atoms with E-state index < -0.39 is 0 Å². The van der Waals surface area contributed by atoms with Crippen LogP contribution in [0.1, 0.15) is 33.1 Å². The molecular weight excluding hydrogens is 246 g/mol. The molecule has 4 heteroatoms. The number of carbonyl (C=O) groups is 1. The highest BCUT2D eigenvalue weighted by Crippen LogP contribution is 2.41. The van der Waals surface area contributed by atoms with Crippen LogP contribution in [0.4, 0.5) is 0 Å². The Labute approximate surface area is 115 Å². The number of ether oxygens (including phenoxy) is 1. The van der Waals surface area contributed by atoms with E-state index in [0.717, 1.165) is 31.6 Å². The third kappa shape index (κ3) is 2.61. The first-order valence-corrected chi connectivity index (χ1v) is 7.96. The molecular formula is C14H25NO2S. The van der Waals surface area contributed by atoms with Gasteiger partial charge < -0.3 is 4.74 Å². The first-order chi connectivity index (χ1) is 8.37. The Morgan fingerprint density at radius 3 is 2.72 bits per heavy atom. The quantitative estimate of drug-likeness (QED) is 0.787. The normalized spacial score (nSPS) is 33.3. The topological polar surface area (TPSA) is 29.5 Å². The van der Waals surface area contributed by atoms with Gasteiger partial charge in [-0.3, -0.25) is 9.69 Å². The molecule has 2 heterocycles. The fourth-order valence-corrected chi connectivity index (χ4v) is 4.21. The highest BCUT2D eigenvalue weighted by Gasteiger charge is 2.45. The van der Waals surface area contributed by atoms with Crippen molar-refractivity contribution in [2.24, 2.45) is 5.92 Å². The van der Waals surface area contributed by atoms with Crippen molar-refractivity contribution in [2.45, 2.75) is 44.2 Å². The monoisotopic (exact) mass is 271 g/mol. The highest BCUT2D eigenvalue weighted by molar-refractivity contribution is 7.99. The molecule has 2 saturated heterocycles. The Morgan fingerprint density at radius 2 is 2.17 bits per heavy atom. The van der Waals surface area contributed by atoms with Crippen molar-refractivity contribution in [1.82, 2.24) is 4.90 Å². The van der Waals surface area contributed by atoms with E-state index >= 15 is 0 Å². The summed E-state index contributed by atoms with van der Waals surface area (Å²) in [4.78, 5) is 14.7. The van der Waals surface area contributed by atoms with Gasteiger partial charge in [-0.05, 0) is 53.0 Å². The summed E-state index contributed by atoms with van der Waals surface area (Å²) in [6.07, 6.45) is 2.93. The number of hydrogen-bond acceptors (Lipinski definition) is 4. The molecule has 0 amide bonds. The molecule has 0 N–H and O–H groups in total. The summed E-state index contributed by atoms with van der Waals surface area (Å²) < 4.78 is 5.99. The minimum Gasteiger partial charge on any atom is -0.374 e. The van der Waals surface area contributed by atoms with Crippen molar-refractivity contribution >= 4 is 17.5 Å². The Bertz CT molecular complexity index is 322. The van der Waals surface area contributed by atoms with Gasteiger partial charge >= 0.3 is 0 Å². The lowest BCUT2D eigenvalue weighted by atomic mass is 9.77. The number of ketones is 1. The lowest BCUT2D eigenvalue weighted by molar-refractivity contribution is -0.142. The minimum atomic E-state index is -0.366. The van der Waals surface area contributed by atoms with Crippen LogP contribution in [0.3, 0.4) is 0 Å². The first-order valence-electron chi connectivity index (χ1n) is 6.81. The molecule has 0 saturated carbocycles. The number of Topliss-reactive ketones (excluding diaryl/α,β-unsaturated/α-hetero) is 1. The van der Waals surface area contributed by atoms with Crippen LogP contribution in [0, 0.1) is 5.92 Å². The first kappa shape index (κ1) is 14.4. The van der Waals surface area contributed by atoms with Crippen LogP contribution in [0.15, 0.2) is 0 Å². The largest absolute Gasteiger partial charge is 0.374 e. The number of thioether (sulfide) groups is 1. The number of rotatable bonds is 3. The van der Waals surface area contributed by atoms with E-state index in [-0.39, 0.29) is 17.1 Å². The van der Waals surface area contributed by atoms with Crippen LogP contribution in [0.2, 0.25) is 0 Å². The van der Waals surface area contributed by atoms with E-state index in [0.29, 0.717) is 5.78 Å². The van der Waals surface area contributed by atoms with E-state index in [2.05, 4.69) is 0 Å². The van der Waals surface area contributed by atoms with Gasteiger partial charge in [-0.15, -0.1) is 0 Å². The number of carbonyl (C=O) groups excluding carboxylic acids is 1. The molecule has 104 valence electrons. The maximum Gasteiger partial charge on any atom is 0.155 e. The molecule has 2 atom stereocenters. The smallest absolute Gasteiger partial charge is 0.155 e. The third-order valence-corrected chi connectivity index (χ3v) is 5.87. The second-order valence-corrected chi connectivity index (χ2v) is 7.45. The molecule has 1 spiro atoms. The maximum atomic E-state index is 12.7. The van der Waals surface area contributed by atoms with Crippen molar-refractivity contribution in [2.75, 3.05) is 32.2 Å². The summed E-state index contributed by atoms with van der Waals surface area (Å²) in [6.45, 7) is 4.81. The standard InChI is InChI=1S/C14H25NO2S/c1-13(2,15(3)4)12(16)11-5-7-17-14(9-11)6-8-18-10-14/h11H,5-10H2,1-4H3. The van der Waals surface area contributed by atoms with E-state index in [9.17, 15) is 4.79 Å². The predicted octanol–water partition coefficient (Wildman–Crippen LogP) is 2.20. The van der Waals surface area contributed by atoms with Gasteiger partial charge in [0.2, 0.25) is 0 Å². The number of likely N-dealkylation sites (N-methyl/N-ethyl adjacent to an activating group) is 1. The van der Waals surface area contributed by atoms with Gasteiger partial charge in [0.15, 0.2) is 5.78 Å². The van der Waals surface area contributed by atoms with Gasteiger partial charge in [0.25, 0.3) is 0 Å². The average molecular weight is 271 g/mol.